The lowest BCUT2D eigenvalue weighted by atomic mass is 10.0. The maximum Gasteiger partial charge on any atom is 0.278 e. The van der Waals surface area contributed by atoms with Crippen LogP contribution in [0.25, 0.3) is 5.57 Å². The number of hydrogen-bond acceptors (Lipinski definition) is 4. The van der Waals surface area contributed by atoms with Gasteiger partial charge in [0.15, 0.2) is 0 Å². The van der Waals surface area contributed by atoms with E-state index in [0.717, 1.165) is 5.69 Å². The zero-order valence-corrected chi connectivity index (χ0v) is 15.3. The minimum absolute atomic E-state index is 0.172. The van der Waals surface area contributed by atoms with Gasteiger partial charge < -0.3 is 10.6 Å². The molecule has 138 valence electrons. The Balaban J connectivity index is 2.01. The Bertz CT molecular complexity index is 902. The second-order valence-corrected chi connectivity index (χ2v) is 6.26. The van der Waals surface area contributed by atoms with Gasteiger partial charge in [0.1, 0.15) is 5.70 Å². The molecule has 2 aromatic carbocycles. The number of rotatable bonds is 6. The van der Waals surface area contributed by atoms with Gasteiger partial charge in [0.25, 0.3) is 11.8 Å². The third-order valence-electron chi connectivity index (χ3n) is 4.15. The minimum Gasteiger partial charge on any atom is -0.350 e. The number of para-hydroxylation sites is 1. The van der Waals surface area contributed by atoms with Gasteiger partial charge in [-0.05, 0) is 36.2 Å². The largest absolute Gasteiger partial charge is 0.350 e. The number of imide groups is 1. The molecule has 1 heterocycles. The van der Waals surface area contributed by atoms with Crippen molar-refractivity contribution in [3.05, 3.63) is 65.9 Å². The number of nitrogens with one attached hydrogen (secondary N) is 2. The normalized spacial score (nSPS) is 13.9. The van der Waals surface area contributed by atoms with Crippen LogP contribution in [0.2, 0.25) is 0 Å². The summed E-state index contributed by atoms with van der Waals surface area (Å²) in [5, 5.41) is 5.79. The summed E-state index contributed by atoms with van der Waals surface area (Å²) >= 11 is 0. The molecular weight excluding hydrogens is 342 g/mol. The Labute approximate surface area is 157 Å². The summed E-state index contributed by atoms with van der Waals surface area (Å²) < 4.78 is 0. The predicted molar refractivity (Wildman–Crippen MR) is 105 cm³/mol. The van der Waals surface area contributed by atoms with Crippen LogP contribution in [0.3, 0.4) is 0 Å². The van der Waals surface area contributed by atoms with E-state index in [2.05, 4.69) is 10.6 Å². The molecule has 0 atom stereocenters. The first-order valence-electron chi connectivity index (χ1n) is 8.81. The van der Waals surface area contributed by atoms with Crippen LogP contribution >= 0.6 is 0 Å². The van der Waals surface area contributed by atoms with Gasteiger partial charge in [0, 0.05) is 24.8 Å². The highest BCUT2D eigenvalue weighted by Crippen LogP contribution is 2.31. The molecule has 0 bridgehead atoms. The van der Waals surface area contributed by atoms with E-state index < -0.39 is 0 Å². The SMILES string of the molecule is CCCN1C(=O)C(Nc2ccccc2)=C(c2ccc(NC(C)=O)cc2)C1=O. The van der Waals surface area contributed by atoms with Crippen LogP contribution in [0.15, 0.2) is 60.3 Å². The minimum atomic E-state index is -0.327. The summed E-state index contributed by atoms with van der Waals surface area (Å²) in [5.41, 5.74) is 2.60. The highest BCUT2D eigenvalue weighted by molar-refractivity contribution is 6.36. The van der Waals surface area contributed by atoms with Gasteiger partial charge in [-0.15, -0.1) is 0 Å². The lowest BCUT2D eigenvalue weighted by molar-refractivity contribution is -0.136. The van der Waals surface area contributed by atoms with Crippen molar-refractivity contribution in [2.24, 2.45) is 0 Å². The summed E-state index contributed by atoms with van der Waals surface area (Å²) in [5.74, 6) is -0.811. The molecule has 6 nitrogen and oxygen atoms in total. The van der Waals surface area contributed by atoms with Crippen molar-refractivity contribution in [3.63, 3.8) is 0 Å². The zero-order valence-electron chi connectivity index (χ0n) is 15.3. The van der Waals surface area contributed by atoms with E-state index in [1.165, 1.54) is 11.8 Å². The number of carbonyl (C=O) groups is 3. The van der Waals surface area contributed by atoms with Gasteiger partial charge in [-0.3, -0.25) is 19.3 Å². The second kappa shape index (κ2) is 7.86. The Morgan fingerprint density at radius 1 is 0.926 bits per heavy atom. The average Bonchev–Trinajstić information content (AvgIpc) is 2.88. The zero-order chi connectivity index (χ0) is 19.4. The fourth-order valence-electron chi connectivity index (χ4n) is 2.98. The molecule has 6 heteroatoms. The number of anilines is 2. The van der Waals surface area contributed by atoms with Crippen LogP contribution in [0, 0.1) is 0 Å². The van der Waals surface area contributed by atoms with Gasteiger partial charge in [-0.2, -0.15) is 0 Å². The summed E-state index contributed by atoms with van der Waals surface area (Å²) in [7, 11) is 0. The van der Waals surface area contributed by atoms with E-state index in [0.29, 0.717) is 29.8 Å². The third-order valence-corrected chi connectivity index (χ3v) is 4.15. The summed E-state index contributed by atoms with van der Waals surface area (Å²) in [6.07, 6.45) is 0.685. The number of nitrogens with zero attached hydrogens (tertiary/aromatic N) is 1. The summed E-state index contributed by atoms with van der Waals surface area (Å²) in [6, 6.07) is 16.2. The highest BCUT2D eigenvalue weighted by atomic mass is 16.2. The molecule has 0 aliphatic carbocycles. The van der Waals surface area contributed by atoms with Gasteiger partial charge in [0.2, 0.25) is 5.91 Å². The maximum atomic E-state index is 12.9. The molecule has 1 aliphatic heterocycles. The molecule has 2 aromatic rings. The monoisotopic (exact) mass is 363 g/mol. The van der Waals surface area contributed by atoms with Crippen LogP contribution in [0.5, 0.6) is 0 Å². The number of hydrogen-bond donors (Lipinski definition) is 2. The van der Waals surface area contributed by atoms with E-state index >= 15 is 0 Å². The topological polar surface area (TPSA) is 78.5 Å². The van der Waals surface area contributed by atoms with Gasteiger partial charge in [-0.1, -0.05) is 37.3 Å². The van der Waals surface area contributed by atoms with Crippen molar-refractivity contribution in [1.29, 1.82) is 0 Å². The van der Waals surface area contributed by atoms with Crippen molar-refractivity contribution in [1.82, 2.24) is 4.90 Å². The van der Waals surface area contributed by atoms with Gasteiger partial charge in [-0.25, -0.2) is 0 Å². The van der Waals surface area contributed by atoms with Gasteiger partial charge in [0.05, 0.1) is 5.57 Å². The molecule has 0 saturated carbocycles. The smallest absolute Gasteiger partial charge is 0.278 e. The molecular formula is C21H21N3O3. The van der Waals surface area contributed by atoms with Crippen LogP contribution < -0.4 is 10.6 Å². The molecule has 3 rings (SSSR count). The van der Waals surface area contributed by atoms with Crippen molar-refractivity contribution >= 4 is 34.7 Å². The van der Waals surface area contributed by atoms with E-state index in [1.807, 2.05) is 37.3 Å². The standard InChI is InChI=1S/C21H21N3O3/c1-3-13-24-20(26)18(15-9-11-17(12-10-15)22-14(2)25)19(21(24)27)23-16-7-5-4-6-8-16/h4-12,23H,3,13H2,1-2H3,(H,22,25). The Hall–Kier alpha value is -3.41. The average molecular weight is 363 g/mol. The molecule has 1 aliphatic rings. The molecule has 0 fully saturated rings. The number of amides is 3. The molecule has 0 unspecified atom stereocenters. The number of benzene rings is 2. The Morgan fingerprint density at radius 3 is 2.19 bits per heavy atom. The van der Waals surface area contributed by atoms with Gasteiger partial charge >= 0.3 is 0 Å². The molecule has 0 spiro atoms. The van der Waals surface area contributed by atoms with E-state index in [9.17, 15) is 14.4 Å². The first-order valence-corrected chi connectivity index (χ1v) is 8.81. The fourth-order valence-corrected chi connectivity index (χ4v) is 2.98. The van der Waals surface area contributed by atoms with Crippen molar-refractivity contribution < 1.29 is 14.4 Å². The molecule has 3 amide bonds. The Morgan fingerprint density at radius 2 is 1.59 bits per heavy atom. The van der Waals surface area contributed by atoms with E-state index in [4.69, 9.17) is 0 Å². The van der Waals surface area contributed by atoms with Crippen LogP contribution in [0.4, 0.5) is 11.4 Å². The third kappa shape index (κ3) is 3.89. The number of carbonyl (C=O) groups excluding carboxylic acids is 3. The van der Waals surface area contributed by atoms with E-state index in [-0.39, 0.29) is 23.4 Å². The first kappa shape index (κ1) is 18.4. The van der Waals surface area contributed by atoms with Crippen molar-refractivity contribution in [2.45, 2.75) is 20.3 Å². The predicted octanol–water partition coefficient (Wildman–Crippen LogP) is 3.25. The lowest BCUT2D eigenvalue weighted by Gasteiger charge is -2.13. The molecule has 0 saturated heterocycles. The van der Waals surface area contributed by atoms with Crippen molar-refractivity contribution in [2.75, 3.05) is 17.2 Å². The fraction of sp³-hybridized carbons (Fsp3) is 0.190. The van der Waals surface area contributed by atoms with E-state index in [1.54, 1.807) is 24.3 Å². The van der Waals surface area contributed by atoms with Crippen molar-refractivity contribution in [3.8, 4) is 0 Å². The Kier molecular flexibility index (Phi) is 5.35. The molecule has 0 radical (unpaired) electrons. The summed E-state index contributed by atoms with van der Waals surface area (Å²) in [4.78, 5) is 38.2. The first-order chi connectivity index (χ1) is 13.0. The summed E-state index contributed by atoms with van der Waals surface area (Å²) in [6.45, 7) is 3.72. The molecule has 27 heavy (non-hydrogen) atoms. The lowest BCUT2D eigenvalue weighted by Crippen LogP contribution is -2.33. The molecule has 0 aromatic heterocycles. The quantitative estimate of drug-likeness (QED) is 0.772. The molecule has 2 N–H and O–H groups in total. The van der Waals surface area contributed by atoms with Crippen LogP contribution in [-0.2, 0) is 14.4 Å². The maximum absolute atomic E-state index is 12.9. The van der Waals surface area contributed by atoms with Crippen LogP contribution in [0.1, 0.15) is 25.8 Å². The highest BCUT2D eigenvalue weighted by Gasteiger charge is 2.38. The van der Waals surface area contributed by atoms with Crippen LogP contribution in [-0.4, -0.2) is 29.2 Å². The second-order valence-electron chi connectivity index (χ2n) is 6.26.